The minimum absolute atomic E-state index is 0.215. The van der Waals surface area contributed by atoms with Gasteiger partial charge in [0.15, 0.2) is 0 Å². The first kappa shape index (κ1) is 56.0. The number of hydrogen-bond donors (Lipinski definition) is 2. The first-order valence-corrected chi connectivity index (χ1v) is 29.3. The second-order valence-electron chi connectivity index (χ2n) is 24.6. The molecule has 0 radical (unpaired) electrons. The van der Waals surface area contributed by atoms with Crippen LogP contribution in [0.25, 0.3) is 0 Å². The topological polar surface area (TPSA) is 86.6 Å². The summed E-state index contributed by atoms with van der Waals surface area (Å²) in [7, 11) is 0. The van der Waals surface area contributed by atoms with Crippen molar-refractivity contribution in [2.24, 2.45) is 0 Å². The quantitative estimate of drug-likeness (QED) is 0.154. The van der Waals surface area contributed by atoms with Crippen LogP contribution >= 0.6 is 23.5 Å². The van der Waals surface area contributed by atoms with E-state index >= 15 is 0 Å². The molecule has 2 aliphatic heterocycles. The Morgan fingerprint density at radius 1 is 0.347 bits per heavy atom. The van der Waals surface area contributed by atoms with Crippen molar-refractivity contribution in [2.45, 2.75) is 142 Å². The molecule has 400 valence electrons. The van der Waals surface area contributed by atoms with E-state index in [0.29, 0.717) is 65.3 Å². The summed E-state index contributed by atoms with van der Waals surface area (Å²) in [5, 5.41) is 25.6. The molecule has 0 saturated carbocycles. The molecule has 9 heteroatoms. The van der Waals surface area contributed by atoms with E-state index in [1.54, 1.807) is 0 Å². The number of rotatable bonds is 0. The van der Waals surface area contributed by atoms with Gasteiger partial charge in [-0.1, -0.05) is 168 Å². The Morgan fingerprint density at radius 3 is 0.933 bits per heavy atom. The van der Waals surface area contributed by atoms with Crippen LogP contribution in [-0.2, 0) is 63.6 Å². The van der Waals surface area contributed by atoms with Crippen molar-refractivity contribution in [3.05, 3.63) is 175 Å². The number of phenolic OH excluding ortho intramolecular Hbond substituents is 2. The van der Waals surface area contributed by atoms with Gasteiger partial charge in [0.05, 0.1) is 13.2 Å². The predicted molar refractivity (Wildman–Crippen MR) is 313 cm³/mol. The molecule has 6 aromatic carbocycles. The Balaban J connectivity index is 1.34. The van der Waals surface area contributed by atoms with Crippen molar-refractivity contribution in [1.29, 1.82) is 0 Å². The predicted octanol–water partition coefficient (Wildman–Crippen LogP) is 15.4. The average Bonchev–Trinajstić information content (AvgIpc) is 3.33. The van der Waals surface area contributed by atoms with Crippen LogP contribution in [0.15, 0.2) is 97.1 Å². The number of benzene rings is 6. The van der Waals surface area contributed by atoms with Gasteiger partial charge in [0.2, 0.25) is 0 Å². The van der Waals surface area contributed by atoms with Gasteiger partial charge >= 0.3 is 0 Å². The Morgan fingerprint density at radius 2 is 0.627 bits per heavy atom. The summed E-state index contributed by atoms with van der Waals surface area (Å²) in [5.74, 6) is 7.13. The molecule has 0 amide bonds. The highest BCUT2D eigenvalue weighted by atomic mass is 32.2. The molecule has 0 aromatic heterocycles. The van der Waals surface area contributed by atoms with E-state index in [0.717, 1.165) is 124 Å². The van der Waals surface area contributed by atoms with Gasteiger partial charge in [-0.2, -0.15) is 23.5 Å². The summed E-state index contributed by atoms with van der Waals surface area (Å²) in [6.07, 6.45) is 1.69. The lowest BCUT2D eigenvalue weighted by Crippen LogP contribution is -2.18. The molecule has 0 spiro atoms. The lowest BCUT2D eigenvalue weighted by Gasteiger charge is -2.28. The van der Waals surface area contributed by atoms with Crippen LogP contribution in [0, 0.1) is 0 Å². The Kier molecular flexibility index (Phi) is 17.6. The van der Waals surface area contributed by atoms with Gasteiger partial charge in [-0.05, 0) is 101 Å². The second-order valence-corrected chi connectivity index (χ2v) is 26.8. The van der Waals surface area contributed by atoms with E-state index in [4.69, 9.17) is 23.7 Å². The van der Waals surface area contributed by atoms with Crippen LogP contribution in [0.3, 0.4) is 0 Å². The highest BCUT2D eigenvalue weighted by Crippen LogP contribution is 2.44. The van der Waals surface area contributed by atoms with Crippen LogP contribution in [0.4, 0.5) is 0 Å². The summed E-state index contributed by atoms with van der Waals surface area (Å²) in [5.41, 5.74) is 13.2. The molecule has 0 unspecified atom stereocenters. The molecule has 10 bridgehead atoms. The summed E-state index contributed by atoms with van der Waals surface area (Å²) in [6, 6.07) is 34.4. The fraction of sp³-hybridized carbons (Fsp3) is 0.455. The van der Waals surface area contributed by atoms with Gasteiger partial charge in [-0.3, -0.25) is 0 Å². The third-order valence-corrected chi connectivity index (χ3v) is 16.3. The van der Waals surface area contributed by atoms with Crippen LogP contribution in [0.2, 0.25) is 0 Å². The zero-order valence-corrected chi connectivity index (χ0v) is 48.5. The zero-order valence-electron chi connectivity index (χ0n) is 46.9. The molecule has 0 atom stereocenters. The van der Waals surface area contributed by atoms with Gasteiger partial charge in [0.1, 0.15) is 60.9 Å². The van der Waals surface area contributed by atoms with E-state index in [1.807, 2.05) is 47.8 Å². The van der Waals surface area contributed by atoms with Gasteiger partial charge in [-0.25, -0.2) is 0 Å². The lowest BCUT2D eigenvalue weighted by atomic mass is 9.79. The fourth-order valence-corrected chi connectivity index (χ4v) is 11.5. The van der Waals surface area contributed by atoms with Gasteiger partial charge in [-0.15, -0.1) is 0 Å². The normalized spacial score (nSPS) is 15.9. The van der Waals surface area contributed by atoms with E-state index in [2.05, 4.69) is 156 Å². The third-order valence-electron chi connectivity index (χ3n) is 14.4. The minimum atomic E-state index is -0.221. The zero-order chi connectivity index (χ0) is 53.7. The molecule has 2 N–H and O–H groups in total. The van der Waals surface area contributed by atoms with Crippen molar-refractivity contribution < 1.29 is 33.9 Å². The molecule has 3 aliphatic rings. The van der Waals surface area contributed by atoms with Crippen LogP contribution in [0.5, 0.6) is 34.5 Å². The highest BCUT2D eigenvalue weighted by Gasteiger charge is 2.29. The Hall–Kier alpha value is -5.22. The van der Waals surface area contributed by atoms with E-state index in [-0.39, 0.29) is 33.2 Å². The van der Waals surface area contributed by atoms with Crippen LogP contribution in [-0.4, -0.2) is 61.4 Å². The third kappa shape index (κ3) is 14.2. The summed E-state index contributed by atoms with van der Waals surface area (Å²) in [6.45, 7) is 29.5. The molecule has 1 aliphatic carbocycles. The van der Waals surface area contributed by atoms with Crippen LogP contribution < -0.4 is 18.9 Å². The number of aromatic hydroxyl groups is 2. The summed E-state index contributed by atoms with van der Waals surface area (Å²) >= 11 is 3.69. The number of fused-ring (bicyclic) bond motifs is 14. The minimum Gasteiger partial charge on any atom is -0.507 e. The SMILES string of the molecule is CC(C)(C)c1cc2c(O)c(c1)Cc1cc(C(C)(C)C)cc3c1OCCOc1ccccc1CSCCOCCSCc1ccccc1OCCOc1c(cc(C(C)(C)C)cc1Cc1cc(C(C)(C)C)cc(c1O)C3)C2. The van der Waals surface area contributed by atoms with E-state index in [1.165, 1.54) is 0 Å². The Labute approximate surface area is 457 Å². The van der Waals surface area contributed by atoms with Crippen molar-refractivity contribution in [3.63, 3.8) is 0 Å². The average molecular weight is 1050 g/mol. The van der Waals surface area contributed by atoms with Gasteiger partial charge in [0.25, 0.3) is 0 Å². The number of ether oxygens (including phenoxy) is 5. The number of phenols is 2. The molecule has 0 fully saturated rings. The molecule has 75 heavy (non-hydrogen) atoms. The maximum atomic E-state index is 12.8. The fourth-order valence-electron chi connectivity index (χ4n) is 9.84. The van der Waals surface area contributed by atoms with Crippen molar-refractivity contribution in [2.75, 3.05) is 51.1 Å². The molecule has 7 nitrogen and oxygen atoms in total. The maximum absolute atomic E-state index is 12.8. The largest absolute Gasteiger partial charge is 0.507 e. The molecule has 9 rings (SSSR count). The van der Waals surface area contributed by atoms with E-state index < -0.39 is 0 Å². The first-order valence-electron chi connectivity index (χ1n) is 27.0. The first-order chi connectivity index (χ1) is 35.5. The molecule has 2 heterocycles. The smallest absolute Gasteiger partial charge is 0.126 e. The number of para-hydroxylation sites is 2. The molecular formula is C66H82O7S2. The molecule has 6 aromatic rings. The lowest BCUT2D eigenvalue weighted by molar-refractivity contribution is 0.167. The second kappa shape index (κ2) is 23.6. The highest BCUT2D eigenvalue weighted by molar-refractivity contribution is 7.98. The number of thioether (sulfide) groups is 2. The Bertz CT molecular complexity index is 2650. The van der Waals surface area contributed by atoms with E-state index in [9.17, 15) is 10.2 Å². The monoisotopic (exact) mass is 1050 g/mol. The van der Waals surface area contributed by atoms with Crippen molar-refractivity contribution in [3.8, 4) is 34.5 Å². The van der Waals surface area contributed by atoms with Gasteiger partial charge in [0, 0.05) is 59.8 Å². The van der Waals surface area contributed by atoms with Gasteiger partial charge < -0.3 is 33.9 Å². The molecule has 0 saturated heterocycles. The van der Waals surface area contributed by atoms with Crippen LogP contribution in [0.1, 0.15) is 161 Å². The summed E-state index contributed by atoms with van der Waals surface area (Å²) < 4.78 is 33.3. The maximum Gasteiger partial charge on any atom is 0.126 e. The van der Waals surface area contributed by atoms with Crippen molar-refractivity contribution >= 4 is 23.5 Å². The standard InChI is InChI=1S/C66H82O7S2/c1-63(2,3)53-33-45-29-49-37-55(65(7,8)9)39-51-31-47-35-54(64(4,5)6)36-48(60(47)68)32-52-40-56(66(10,11)12)38-50(30-46(34-53)59(45)67)62(52)73-24-22-71-58-20-16-14-18-44(58)42-75-28-26-69-25-27-74-41-43-17-13-15-19-57(43)70-21-23-72-61(49)51/h13-20,33-40,67-68H,21-32,41-42H2,1-12H3. The summed E-state index contributed by atoms with van der Waals surface area (Å²) in [4.78, 5) is 0. The molecular weight excluding hydrogens is 969 g/mol. The number of hydrogen-bond acceptors (Lipinski definition) is 9. The van der Waals surface area contributed by atoms with Crippen molar-refractivity contribution in [1.82, 2.24) is 0 Å².